The van der Waals surface area contributed by atoms with Crippen molar-refractivity contribution in [2.75, 3.05) is 7.11 Å². The number of methoxy groups -OCH3 is 1. The van der Waals surface area contributed by atoms with Gasteiger partial charge < -0.3 is 15.6 Å². The molecule has 0 aromatic heterocycles. The number of carbonyl (C=O) groups is 1. The minimum Gasteiger partial charge on any atom is -0.496 e. The standard InChI is InChI=1S/C10H12ClNO3/c1-5-3-8(15-2)6(4-7(5)11)9(12)10(13)14/h3-4,9H,12H2,1-2H3,(H,13,14). The van der Waals surface area contributed by atoms with Gasteiger partial charge in [0.05, 0.1) is 7.11 Å². The molecule has 15 heavy (non-hydrogen) atoms. The first-order chi connectivity index (χ1) is 6.97. The maximum atomic E-state index is 10.7. The summed E-state index contributed by atoms with van der Waals surface area (Å²) in [6.45, 7) is 1.81. The van der Waals surface area contributed by atoms with Crippen molar-refractivity contribution in [2.45, 2.75) is 13.0 Å². The molecule has 1 aromatic carbocycles. The first-order valence-electron chi connectivity index (χ1n) is 4.29. The average molecular weight is 230 g/mol. The van der Waals surface area contributed by atoms with E-state index in [1.807, 2.05) is 0 Å². The summed E-state index contributed by atoms with van der Waals surface area (Å²) in [5.74, 6) is -0.681. The minimum atomic E-state index is -1.13. The number of carboxylic acid groups (broad SMARTS) is 1. The number of halogens is 1. The lowest BCUT2D eigenvalue weighted by atomic mass is 10.0. The smallest absolute Gasteiger partial charge is 0.325 e. The molecular weight excluding hydrogens is 218 g/mol. The number of hydrogen-bond acceptors (Lipinski definition) is 3. The number of aryl methyl sites for hydroxylation is 1. The average Bonchev–Trinajstić information content (AvgIpc) is 2.20. The Balaban J connectivity index is 3.27. The predicted molar refractivity (Wildman–Crippen MR) is 57.3 cm³/mol. The van der Waals surface area contributed by atoms with E-state index >= 15 is 0 Å². The van der Waals surface area contributed by atoms with Crippen LogP contribution in [0.15, 0.2) is 12.1 Å². The van der Waals surface area contributed by atoms with Gasteiger partial charge in [0.15, 0.2) is 0 Å². The van der Waals surface area contributed by atoms with Crippen LogP contribution in [0, 0.1) is 6.92 Å². The lowest BCUT2D eigenvalue weighted by Gasteiger charge is -2.13. The molecule has 0 radical (unpaired) electrons. The van der Waals surface area contributed by atoms with E-state index < -0.39 is 12.0 Å². The fourth-order valence-corrected chi connectivity index (χ4v) is 1.40. The van der Waals surface area contributed by atoms with Crippen LogP contribution in [-0.2, 0) is 4.79 Å². The largest absolute Gasteiger partial charge is 0.496 e. The molecule has 1 rings (SSSR count). The molecule has 0 aliphatic rings. The molecule has 5 heteroatoms. The van der Waals surface area contributed by atoms with E-state index in [9.17, 15) is 4.79 Å². The predicted octanol–water partition coefficient (Wildman–Crippen LogP) is 1.74. The van der Waals surface area contributed by atoms with Crippen LogP contribution in [-0.4, -0.2) is 18.2 Å². The summed E-state index contributed by atoms with van der Waals surface area (Å²) < 4.78 is 5.05. The lowest BCUT2D eigenvalue weighted by molar-refractivity contribution is -0.138. The summed E-state index contributed by atoms with van der Waals surface area (Å²) in [6, 6.07) is 2.06. The van der Waals surface area contributed by atoms with Gasteiger partial charge >= 0.3 is 5.97 Å². The Labute approximate surface area is 92.6 Å². The van der Waals surface area contributed by atoms with Crippen molar-refractivity contribution >= 4 is 17.6 Å². The van der Waals surface area contributed by atoms with Gasteiger partial charge in [-0.3, -0.25) is 4.79 Å². The molecule has 0 heterocycles. The Morgan fingerprint density at radius 1 is 1.60 bits per heavy atom. The topological polar surface area (TPSA) is 72.5 Å². The second-order valence-corrected chi connectivity index (χ2v) is 3.57. The highest BCUT2D eigenvalue weighted by atomic mass is 35.5. The second kappa shape index (κ2) is 4.51. The zero-order chi connectivity index (χ0) is 11.6. The Hall–Kier alpha value is -1.26. The summed E-state index contributed by atoms with van der Waals surface area (Å²) in [5.41, 5.74) is 6.69. The Kier molecular flexibility index (Phi) is 3.55. The summed E-state index contributed by atoms with van der Waals surface area (Å²) in [6.07, 6.45) is 0. The molecule has 1 aromatic rings. The third-order valence-electron chi connectivity index (χ3n) is 2.11. The van der Waals surface area contributed by atoms with E-state index in [1.54, 1.807) is 13.0 Å². The first kappa shape index (κ1) is 11.8. The van der Waals surface area contributed by atoms with Gasteiger partial charge in [0.25, 0.3) is 0 Å². The van der Waals surface area contributed by atoms with Crippen LogP contribution < -0.4 is 10.5 Å². The van der Waals surface area contributed by atoms with E-state index in [2.05, 4.69) is 0 Å². The SMILES string of the molecule is COc1cc(C)c(Cl)cc1C(N)C(=O)O. The van der Waals surface area contributed by atoms with E-state index in [4.69, 9.17) is 27.2 Å². The van der Waals surface area contributed by atoms with Crippen molar-refractivity contribution in [2.24, 2.45) is 5.73 Å². The Morgan fingerprint density at radius 3 is 2.67 bits per heavy atom. The van der Waals surface area contributed by atoms with Crippen molar-refractivity contribution in [1.82, 2.24) is 0 Å². The maximum absolute atomic E-state index is 10.7. The van der Waals surface area contributed by atoms with Gasteiger partial charge in [-0.15, -0.1) is 0 Å². The van der Waals surface area contributed by atoms with Crippen LogP contribution in [0.3, 0.4) is 0 Å². The molecule has 4 nitrogen and oxygen atoms in total. The molecule has 0 saturated carbocycles. The number of hydrogen-bond donors (Lipinski definition) is 2. The van der Waals surface area contributed by atoms with Crippen molar-refractivity contribution in [3.63, 3.8) is 0 Å². The van der Waals surface area contributed by atoms with Gasteiger partial charge in [0.1, 0.15) is 11.8 Å². The Bertz CT molecular complexity index is 392. The molecule has 0 spiro atoms. The third-order valence-corrected chi connectivity index (χ3v) is 2.52. The second-order valence-electron chi connectivity index (χ2n) is 3.16. The van der Waals surface area contributed by atoms with Crippen LogP contribution in [0.4, 0.5) is 0 Å². The van der Waals surface area contributed by atoms with Crippen LogP contribution in [0.25, 0.3) is 0 Å². The van der Waals surface area contributed by atoms with Crippen LogP contribution in [0.2, 0.25) is 5.02 Å². The monoisotopic (exact) mass is 229 g/mol. The zero-order valence-corrected chi connectivity index (χ0v) is 9.21. The summed E-state index contributed by atoms with van der Waals surface area (Å²) in [7, 11) is 1.46. The van der Waals surface area contributed by atoms with Crippen molar-refractivity contribution in [3.05, 3.63) is 28.3 Å². The molecule has 0 saturated heterocycles. The number of rotatable bonds is 3. The maximum Gasteiger partial charge on any atom is 0.325 e. The van der Waals surface area contributed by atoms with Crippen molar-refractivity contribution < 1.29 is 14.6 Å². The molecule has 82 valence electrons. The molecule has 0 aliphatic carbocycles. The van der Waals surface area contributed by atoms with Crippen LogP contribution in [0.1, 0.15) is 17.2 Å². The first-order valence-corrected chi connectivity index (χ1v) is 4.67. The van der Waals surface area contributed by atoms with Crippen LogP contribution >= 0.6 is 11.6 Å². The molecule has 3 N–H and O–H groups in total. The van der Waals surface area contributed by atoms with Gasteiger partial charge in [-0.05, 0) is 24.6 Å². The number of ether oxygens (including phenoxy) is 1. The van der Waals surface area contributed by atoms with Crippen molar-refractivity contribution in [1.29, 1.82) is 0 Å². The molecule has 0 aliphatic heterocycles. The van der Waals surface area contributed by atoms with Gasteiger partial charge in [-0.25, -0.2) is 0 Å². The van der Waals surface area contributed by atoms with Crippen LogP contribution in [0.5, 0.6) is 5.75 Å². The highest BCUT2D eigenvalue weighted by molar-refractivity contribution is 6.31. The van der Waals surface area contributed by atoms with E-state index in [0.717, 1.165) is 5.56 Å². The summed E-state index contributed by atoms with van der Waals surface area (Å²) in [4.78, 5) is 10.7. The highest BCUT2D eigenvalue weighted by Gasteiger charge is 2.19. The van der Waals surface area contributed by atoms with E-state index in [-0.39, 0.29) is 0 Å². The molecule has 1 unspecified atom stereocenters. The number of aliphatic carboxylic acids is 1. The van der Waals surface area contributed by atoms with E-state index in [0.29, 0.717) is 16.3 Å². The van der Waals surface area contributed by atoms with Crippen molar-refractivity contribution in [3.8, 4) is 5.75 Å². The quantitative estimate of drug-likeness (QED) is 0.828. The zero-order valence-electron chi connectivity index (χ0n) is 8.45. The van der Waals surface area contributed by atoms with Gasteiger partial charge in [-0.2, -0.15) is 0 Å². The molecule has 0 bridgehead atoms. The van der Waals surface area contributed by atoms with Gasteiger partial charge in [0.2, 0.25) is 0 Å². The molecular formula is C10H12ClNO3. The number of nitrogens with two attached hydrogens (primary N) is 1. The fraction of sp³-hybridized carbons (Fsp3) is 0.300. The molecule has 0 amide bonds. The van der Waals surface area contributed by atoms with Gasteiger partial charge in [0, 0.05) is 10.6 Å². The highest BCUT2D eigenvalue weighted by Crippen LogP contribution is 2.30. The van der Waals surface area contributed by atoms with E-state index in [1.165, 1.54) is 13.2 Å². The number of benzene rings is 1. The Morgan fingerprint density at radius 2 is 2.20 bits per heavy atom. The number of carboxylic acids is 1. The summed E-state index contributed by atoms with van der Waals surface area (Å²) >= 11 is 5.89. The molecule has 0 fully saturated rings. The van der Waals surface area contributed by atoms with Gasteiger partial charge in [-0.1, -0.05) is 11.6 Å². The normalized spacial score (nSPS) is 12.3. The lowest BCUT2D eigenvalue weighted by Crippen LogP contribution is -2.21. The summed E-state index contributed by atoms with van der Waals surface area (Å²) in [5, 5.41) is 9.27. The minimum absolute atomic E-state index is 0.376. The fourth-order valence-electron chi connectivity index (χ4n) is 1.22. The molecule has 1 atom stereocenters. The third kappa shape index (κ3) is 2.40.